The Morgan fingerprint density at radius 3 is 2.62 bits per heavy atom. The molecular formula is C13H21N5O3. The minimum atomic E-state index is -0.204. The van der Waals surface area contributed by atoms with Gasteiger partial charge in [0, 0.05) is 38.9 Å². The van der Waals surface area contributed by atoms with E-state index in [2.05, 4.69) is 14.7 Å². The molecular weight excluding hydrogens is 274 g/mol. The van der Waals surface area contributed by atoms with Crippen molar-refractivity contribution in [1.29, 1.82) is 0 Å². The summed E-state index contributed by atoms with van der Waals surface area (Å²) in [5, 5.41) is 4.01. The number of methoxy groups -OCH3 is 1. The lowest BCUT2D eigenvalue weighted by Crippen LogP contribution is -2.49. The summed E-state index contributed by atoms with van der Waals surface area (Å²) in [5.41, 5.74) is 6.12. The average molecular weight is 295 g/mol. The molecule has 0 radical (unpaired) electrons. The van der Waals surface area contributed by atoms with E-state index >= 15 is 0 Å². The van der Waals surface area contributed by atoms with Crippen molar-refractivity contribution in [3.05, 3.63) is 12.4 Å². The van der Waals surface area contributed by atoms with Gasteiger partial charge in [0.05, 0.1) is 25.4 Å². The molecule has 2 N–H and O–H groups in total. The van der Waals surface area contributed by atoms with Gasteiger partial charge in [0.2, 0.25) is 5.91 Å². The largest absolute Gasteiger partial charge is 0.469 e. The minimum absolute atomic E-state index is 0.0331. The summed E-state index contributed by atoms with van der Waals surface area (Å²) < 4.78 is 6.16. The van der Waals surface area contributed by atoms with Crippen LogP contribution in [-0.4, -0.2) is 71.3 Å². The Kier molecular flexibility index (Phi) is 5.15. The molecule has 2 heterocycles. The summed E-state index contributed by atoms with van der Waals surface area (Å²) in [6.45, 7) is 3.74. The summed E-state index contributed by atoms with van der Waals surface area (Å²) >= 11 is 0. The predicted octanol–water partition coefficient (Wildman–Crippen LogP) is -0.827. The van der Waals surface area contributed by atoms with E-state index in [9.17, 15) is 9.59 Å². The Labute approximate surface area is 123 Å². The molecule has 8 nitrogen and oxygen atoms in total. The normalized spacial score (nSPS) is 16.0. The van der Waals surface area contributed by atoms with Crippen molar-refractivity contribution < 1.29 is 14.3 Å². The van der Waals surface area contributed by atoms with E-state index in [-0.39, 0.29) is 18.4 Å². The van der Waals surface area contributed by atoms with Crippen LogP contribution >= 0.6 is 0 Å². The number of carbonyl (C=O) groups is 2. The van der Waals surface area contributed by atoms with E-state index in [4.69, 9.17) is 5.73 Å². The van der Waals surface area contributed by atoms with Gasteiger partial charge < -0.3 is 15.4 Å². The maximum absolute atomic E-state index is 12.1. The Morgan fingerprint density at radius 1 is 1.33 bits per heavy atom. The molecule has 0 unspecified atom stereocenters. The number of piperazine rings is 1. The number of anilines is 1. The molecule has 8 heteroatoms. The van der Waals surface area contributed by atoms with Crippen LogP contribution in [0.5, 0.6) is 0 Å². The van der Waals surface area contributed by atoms with Gasteiger partial charge in [-0.2, -0.15) is 5.10 Å². The highest BCUT2D eigenvalue weighted by Crippen LogP contribution is 2.05. The number of hydrogen-bond acceptors (Lipinski definition) is 6. The summed E-state index contributed by atoms with van der Waals surface area (Å²) in [4.78, 5) is 27.2. The van der Waals surface area contributed by atoms with Crippen LogP contribution in [0.25, 0.3) is 0 Å². The molecule has 1 amide bonds. The van der Waals surface area contributed by atoms with Crippen LogP contribution in [0, 0.1) is 0 Å². The summed E-state index contributed by atoms with van der Waals surface area (Å²) in [5.74, 6) is -0.171. The zero-order chi connectivity index (χ0) is 15.2. The summed E-state index contributed by atoms with van der Waals surface area (Å²) in [7, 11) is 1.39. The van der Waals surface area contributed by atoms with Crippen LogP contribution in [0.3, 0.4) is 0 Å². The van der Waals surface area contributed by atoms with Crippen molar-refractivity contribution in [1.82, 2.24) is 19.6 Å². The highest BCUT2D eigenvalue weighted by molar-refractivity contribution is 5.76. The van der Waals surface area contributed by atoms with Gasteiger partial charge in [-0.25, -0.2) is 0 Å². The van der Waals surface area contributed by atoms with Gasteiger partial charge in [0.25, 0.3) is 0 Å². The maximum Gasteiger partial charge on any atom is 0.306 e. The first-order chi connectivity index (χ1) is 10.1. The van der Waals surface area contributed by atoms with Crippen LogP contribution in [0.1, 0.15) is 6.42 Å². The molecule has 1 fully saturated rings. The Morgan fingerprint density at radius 2 is 2.05 bits per heavy atom. The minimum Gasteiger partial charge on any atom is -0.469 e. The maximum atomic E-state index is 12.1. The predicted molar refractivity (Wildman–Crippen MR) is 76.3 cm³/mol. The quantitative estimate of drug-likeness (QED) is 0.713. The van der Waals surface area contributed by atoms with E-state index in [0.717, 1.165) is 13.1 Å². The van der Waals surface area contributed by atoms with E-state index in [1.54, 1.807) is 10.9 Å². The molecule has 1 aromatic rings. The molecule has 2 rings (SSSR count). The van der Waals surface area contributed by atoms with Crippen molar-refractivity contribution in [2.45, 2.75) is 13.0 Å². The van der Waals surface area contributed by atoms with Gasteiger partial charge in [-0.3, -0.25) is 19.2 Å². The standard InChI is InChI=1S/C13H21N5O3/c1-21-13(20)2-3-16-4-6-17(7-5-16)12(19)10-18-9-11(14)8-15-18/h8-9H,2-7,10,14H2,1H3. The monoisotopic (exact) mass is 295 g/mol. The molecule has 0 spiro atoms. The fourth-order valence-corrected chi connectivity index (χ4v) is 2.28. The molecule has 1 aliphatic heterocycles. The molecule has 21 heavy (non-hydrogen) atoms. The first kappa shape index (κ1) is 15.3. The Balaban J connectivity index is 1.73. The van der Waals surface area contributed by atoms with Crippen LogP contribution in [0.2, 0.25) is 0 Å². The number of carbonyl (C=O) groups excluding carboxylic acids is 2. The lowest BCUT2D eigenvalue weighted by Gasteiger charge is -2.34. The van der Waals surface area contributed by atoms with E-state index < -0.39 is 0 Å². The Hall–Kier alpha value is -2.09. The number of nitrogens with zero attached hydrogens (tertiary/aromatic N) is 4. The van der Waals surface area contributed by atoms with Gasteiger partial charge >= 0.3 is 5.97 Å². The van der Waals surface area contributed by atoms with Gasteiger partial charge in [0.1, 0.15) is 6.54 Å². The first-order valence-corrected chi connectivity index (χ1v) is 6.93. The summed E-state index contributed by atoms with van der Waals surface area (Å²) in [6.07, 6.45) is 3.56. The van der Waals surface area contributed by atoms with Crippen molar-refractivity contribution in [3.63, 3.8) is 0 Å². The first-order valence-electron chi connectivity index (χ1n) is 6.93. The topological polar surface area (TPSA) is 93.7 Å². The number of amides is 1. The van der Waals surface area contributed by atoms with Crippen LogP contribution in [-0.2, 0) is 20.9 Å². The number of nitrogens with two attached hydrogens (primary N) is 1. The van der Waals surface area contributed by atoms with E-state index in [1.165, 1.54) is 13.3 Å². The number of rotatable bonds is 5. The molecule has 1 aliphatic rings. The van der Waals surface area contributed by atoms with Gasteiger partial charge in [-0.1, -0.05) is 0 Å². The lowest BCUT2D eigenvalue weighted by molar-refractivity contribution is -0.141. The zero-order valence-corrected chi connectivity index (χ0v) is 12.2. The second-order valence-electron chi connectivity index (χ2n) is 5.02. The average Bonchev–Trinajstić information content (AvgIpc) is 2.90. The second-order valence-corrected chi connectivity index (χ2v) is 5.02. The van der Waals surface area contributed by atoms with Crippen LogP contribution in [0.15, 0.2) is 12.4 Å². The molecule has 0 atom stereocenters. The van der Waals surface area contributed by atoms with Crippen molar-refractivity contribution in [2.75, 3.05) is 45.6 Å². The smallest absolute Gasteiger partial charge is 0.306 e. The van der Waals surface area contributed by atoms with Crippen LogP contribution in [0.4, 0.5) is 5.69 Å². The summed E-state index contributed by atoms with van der Waals surface area (Å²) in [6, 6.07) is 0. The fourth-order valence-electron chi connectivity index (χ4n) is 2.28. The Bertz CT molecular complexity index is 494. The molecule has 1 saturated heterocycles. The van der Waals surface area contributed by atoms with Crippen molar-refractivity contribution >= 4 is 17.6 Å². The van der Waals surface area contributed by atoms with Gasteiger partial charge in [-0.15, -0.1) is 0 Å². The van der Waals surface area contributed by atoms with E-state index in [0.29, 0.717) is 31.7 Å². The highest BCUT2D eigenvalue weighted by Gasteiger charge is 2.21. The molecule has 1 aromatic heterocycles. The van der Waals surface area contributed by atoms with Crippen molar-refractivity contribution in [2.24, 2.45) is 0 Å². The lowest BCUT2D eigenvalue weighted by atomic mass is 10.3. The third-order valence-electron chi connectivity index (χ3n) is 3.54. The van der Waals surface area contributed by atoms with Crippen LogP contribution < -0.4 is 5.73 Å². The number of ether oxygens (including phenoxy) is 1. The fraction of sp³-hybridized carbons (Fsp3) is 0.615. The molecule has 116 valence electrons. The number of aromatic nitrogens is 2. The second kappa shape index (κ2) is 7.07. The number of hydrogen-bond donors (Lipinski definition) is 1. The number of nitrogen functional groups attached to an aromatic ring is 1. The van der Waals surface area contributed by atoms with E-state index in [1.807, 2.05) is 4.90 Å². The third-order valence-corrected chi connectivity index (χ3v) is 3.54. The van der Waals surface area contributed by atoms with Crippen molar-refractivity contribution in [3.8, 4) is 0 Å². The SMILES string of the molecule is COC(=O)CCN1CCN(C(=O)Cn2cc(N)cn2)CC1. The highest BCUT2D eigenvalue weighted by atomic mass is 16.5. The third kappa shape index (κ3) is 4.45. The molecule has 0 bridgehead atoms. The molecule has 0 aromatic carbocycles. The zero-order valence-electron chi connectivity index (χ0n) is 12.2. The number of esters is 1. The van der Waals surface area contributed by atoms with Gasteiger partial charge in [0.15, 0.2) is 0 Å². The molecule has 0 aliphatic carbocycles. The molecule has 0 saturated carbocycles. The van der Waals surface area contributed by atoms with Gasteiger partial charge in [-0.05, 0) is 0 Å².